The average molecular weight is 257 g/mol. The van der Waals surface area contributed by atoms with Gasteiger partial charge in [-0.05, 0) is 24.6 Å². The minimum Gasteiger partial charge on any atom is -0.344 e. The van der Waals surface area contributed by atoms with E-state index in [1.165, 1.54) is 0 Å². The highest BCUT2D eigenvalue weighted by Gasteiger charge is 2.12. The fourth-order valence-corrected chi connectivity index (χ4v) is 1.63. The maximum atomic E-state index is 12.0. The molecule has 0 spiro atoms. The van der Waals surface area contributed by atoms with Crippen LogP contribution in [0.2, 0.25) is 0 Å². The lowest BCUT2D eigenvalue weighted by Crippen LogP contribution is -2.27. The van der Waals surface area contributed by atoms with Crippen molar-refractivity contribution >= 4 is 11.7 Å². The van der Waals surface area contributed by atoms with Crippen LogP contribution in [0.5, 0.6) is 0 Å². The third-order valence-electron chi connectivity index (χ3n) is 2.69. The van der Waals surface area contributed by atoms with Crippen LogP contribution in [-0.2, 0) is 0 Å². The van der Waals surface area contributed by atoms with E-state index in [2.05, 4.69) is 20.9 Å². The summed E-state index contributed by atoms with van der Waals surface area (Å²) in [6.07, 6.45) is 0. The number of rotatable bonds is 4. The van der Waals surface area contributed by atoms with Crippen molar-refractivity contribution in [1.29, 1.82) is 0 Å². The van der Waals surface area contributed by atoms with E-state index in [9.17, 15) is 4.79 Å². The molecular formula is C13H15N5O. The Kier molecular flexibility index (Phi) is 4.04. The summed E-state index contributed by atoms with van der Waals surface area (Å²) in [6.45, 7) is 1.91. The van der Waals surface area contributed by atoms with Crippen molar-refractivity contribution in [2.24, 2.45) is 5.84 Å². The Bertz CT molecular complexity index is 541. The Labute approximate surface area is 111 Å². The van der Waals surface area contributed by atoms with Gasteiger partial charge in [-0.15, -0.1) is 10.2 Å². The summed E-state index contributed by atoms with van der Waals surface area (Å²) in [5.74, 6) is 5.32. The van der Waals surface area contributed by atoms with E-state index in [0.717, 1.165) is 5.56 Å². The summed E-state index contributed by atoms with van der Waals surface area (Å²) in [6, 6.07) is 12.8. The van der Waals surface area contributed by atoms with Gasteiger partial charge in [0.2, 0.25) is 0 Å². The quantitative estimate of drug-likeness (QED) is 0.566. The highest BCUT2D eigenvalue weighted by Crippen LogP contribution is 2.11. The van der Waals surface area contributed by atoms with E-state index in [-0.39, 0.29) is 17.6 Å². The molecule has 0 aliphatic heterocycles. The van der Waals surface area contributed by atoms with Gasteiger partial charge in [-0.2, -0.15) is 0 Å². The van der Waals surface area contributed by atoms with Crippen molar-refractivity contribution in [1.82, 2.24) is 15.5 Å². The SMILES string of the molecule is CC(NC(=O)c1ccc(NN)nn1)c1ccccc1. The highest BCUT2D eigenvalue weighted by atomic mass is 16.2. The molecule has 6 heteroatoms. The van der Waals surface area contributed by atoms with Gasteiger partial charge in [0.05, 0.1) is 6.04 Å². The number of hydrogen-bond donors (Lipinski definition) is 3. The first-order chi connectivity index (χ1) is 9.20. The van der Waals surface area contributed by atoms with Crippen LogP contribution < -0.4 is 16.6 Å². The zero-order chi connectivity index (χ0) is 13.7. The number of benzene rings is 1. The van der Waals surface area contributed by atoms with Crippen molar-refractivity contribution in [3.8, 4) is 0 Å². The van der Waals surface area contributed by atoms with Gasteiger partial charge in [-0.1, -0.05) is 30.3 Å². The molecule has 4 N–H and O–H groups in total. The average Bonchev–Trinajstić information content (AvgIpc) is 2.48. The topological polar surface area (TPSA) is 92.9 Å². The Morgan fingerprint density at radius 3 is 2.47 bits per heavy atom. The number of nitrogens with two attached hydrogens (primary N) is 1. The van der Waals surface area contributed by atoms with Crippen molar-refractivity contribution in [3.05, 3.63) is 53.7 Å². The standard InChI is InChI=1S/C13H15N5O/c1-9(10-5-3-2-4-6-10)15-13(19)11-7-8-12(16-14)18-17-11/h2-9H,14H2,1H3,(H,15,19)(H,16,18). The second-order valence-corrected chi connectivity index (χ2v) is 4.05. The first-order valence-electron chi connectivity index (χ1n) is 5.87. The van der Waals surface area contributed by atoms with Crippen LogP contribution in [0.15, 0.2) is 42.5 Å². The van der Waals surface area contributed by atoms with Crippen LogP contribution in [0.1, 0.15) is 29.0 Å². The maximum Gasteiger partial charge on any atom is 0.272 e. The first-order valence-corrected chi connectivity index (χ1v) is 5.87. The maximum absolute atomic E-state index is 12.0. The van der Waals surface area contributed by atoms with Crippen LogP contribution in [0.3, 0.4) is 0 Å². The van der Waals surface area contributed by atoms with Crippen LogP contribution in [-0.4, -0.2) is 16.1 Å². The third kappa shape index (κ3) is 3.26. The Hall–Kier alpha value is -2.47. The lowest BCUT2D eigenvalue weighted by molar-refractivity contribution is 0.0934. The Morgan fingerprint density at radius 2 is 1.89 bits per heavy atom. The molecule has 1 aromatic heterocycles. The number of hydrazine groups is 1. The van der Waals surface area contributed by atoms with Gasteiger partial charge < -0.3 is 10.7 Å². The molecule has 2 aromatic rings. The molecule has 0 saturated heterocycles. The molecule has 1 unspecified atom stereocenters. The fraction of sp³-hybridized carbons (Fsp3) is 0.154. The molecule has 0 radical (unpaired) electrons. The van der Waals surface area contributed by atoms with Crippen molar-refractivity contribution in [3.63, 3.8) is 0 Å². The number of nitrogens with one attached hydrogen (secondary N) is 2. The molecule has 0 aliphatic carbocycles. The smallest absolute Gasteiger partial charge is 0.272 e. The second-order valence-electron chi connectivity index (χ2n) is 4.05. The monoisotopic (exact) mass is 257 g/mol. The van der Waals surface area contributed by atoms with Gasteiger partial charge in [0.25, 0.3) is 5.91 Å². The predicted octanol–water partition coefficient (Wildman–Crippen LogP) is 1.25. The summed E-state index contributed by atoms with van der Waals surface area (Å²) >= 11 is 0. The minimum atomic E-state index is -0.271. The Balaban J connectivity index is 2.04. The number of nitrogens with zero attached hydrogens (tertiary/aromatic N) is 2. The van der Waals surface area contributed by atoms with Gasteiger partial charge in [-0.25, -0.2) is 5.84 Å². The number of amides is 1. The van der Waals surface area contributed by atoms with Crippen LogP contribution in [0.25, 0.3) is 0 Å². The summed E-state index contributed by atoms with van der Waals surface area (Å²) < 4.78 is 0. The van der Waals surface area contributed by atoms with E-state index in [4.69, 9.17) is 5.84 Å². The van der Waals surface area contributed by atoms with E-state index in [1.54, 1.807) is 12.1 Å². The van der Waals surface area contributed by atoms with Crippen LogP contribution in [0.4, 0.5) is 5.82 Å². The van der Waals surface area contributed by atoms with E-state index in [1.807, 2.05) is 37.3 Å². The molecule has 1 heterocycles. The van der Waals surface area contributed by atoms with Crippen LogP contribution in [0, 0.1) is 0 Å². The zero-order valence-corrected chi connectivity index (χ0v) is 10.5. The molecule has 1 aromatic carbocycles. The Morgan fingerprint density at radius 1 is 1.16 bits per heavy atom. The van der Waals surface area contributed by atoms with Gasteiger partial charge in [0.1, 0.15) is 0 Å². The predicted molar refractivity (Wildman–Crippen MR) is 72.2 cm³/mol. The second kappa shape index (κ2) is 5.92. The minimum absolute atomic E-state index is 0.0946. The first kappa shape index (κ1) is 13.0. The number of carbonyl (C=O) groups excluding carboxylic acids is 1. The van der Waals surface area contributed by atoms with Crippen LogP contribution >= 0.6 is 0 Å². The number of hydrogen-bond acceptors (Lipinski definition) is 5. The molecule has 2 rings (SSSR count). The molecule has 0 saturated carbocycles. The molecule has 1 atom stereocenters. The molecule has 0 aliphatic rings. The van der Waals surface area contributed by atoms with Gasteiger partial charge >= 0.3 is 0 Å². The summed E-state index contributed by atoms with van der Waals surface area (Å²) in [5, 5.41) is 10.4. The third-order valence-corrected chi connectivity index (χ3v) is 2.69. The lowest BCUT2D eigenvalue weighted by Gasteiger charge is -2.13. The largest absolute Gasteiger partial charge is 0.344 e. The highest BCUT2D eigenvalue weighted by molar-refractivity contribution is 5.92. The molecular weight excluding hydrogens is 242 g/mol. The van der Waals surface area contributed by atoms with Gasteiger partial charge in [0.15, 0.2) is 11.5 Å². The van der Waals surface area contributed by atoms with E-state index >= 15 is 0 Å². The normalized spacial score (nSPS) is 11.7. The molecule has 1 amide bonds. The number of anilines is 1. The van der Waals surface area contributed by atoms with Gasteiger partial charge in [0, 0.05) is 0 Å². The van der Waals surface area contributed by atoms with Crippen molar-refractivity contribution < 1.29 is 4.79 Å². The van der Waals surface area contributed by atoms with E-state index < -0.39 is 0 Å². The van der Waals surface area contributed by atoms with Gasteiger partial charge in [-0.3, -0.25) is 4.79 Å². The summed E-state index contributed by atoms with van der Waals surface area (Å²) in [7, 11) is 0. The fourth-order valence-electron chi connectivity index (χ4n) is 1.63. The molecule has 0 bridgehead atoms. The molecule has 19 heavy (non-hydrogen) atoms. The van der Waals surface area contributed by atoms with Crippen molar-refractivity contribution in [2.45, 2.75) is 13.0 Å². The molecule has 0 fully saturated rings. The summed E-state index contributed by atoms with van der Waals surface area (Å²) in [5.41, 5.74) is 3.64. The van der Waals surface area contributed by atoms with Crippen molar-refractivity contribution in [2.75, 3.05) is 5.43 Å². The molecule has 98 valence electrons. The zero-order valence-electron chi connectivity index (χ0n) is 10.5. The number of aromatic nitrogens is 2. The van der Waals surface area contributed by atoms with E-state index in [0.29, 0.717) is 5.82 Å². The number of carbonyl (C=O) groups is 1. The molecule has 6 nitrogen and oxygen atoms in total. The number of nitrogen functional groups attached to an aromatic ring is 1. The lowest BCUT2D eigenvalue weighted by atomic mass is 10.1. The summed E-state index contributed by atoms with van der Waals surface area (Å²) in [4.78, 5) is 12.0.